The molecule has 0 aliphatic rings. The van der Waals surface area contributed by atoms with Gasteiger partial charge in [-0.15, -0.1) is 0 Å². The first-order valence-electron chi connectivity index (χ1n) is 5.08. The topological polar surface area (TPSA) is 81.1 Å². The van der Waals surface area contributed by atoms with Crippen molar-refractivity contribution >= 4 is 5.97 Å². The Hall–Kier alpha value is -1.36. The third-order valence-electron chi connectivity index (χ3n) is 2.63. The molecule has 1 atom stereocenters. The van der Waals surface area contributed by atoms with Crippen molar-refractivity contribution in [2.45, 2.75) is 38.3 Å². The highest BCUT2D eigenvalue weighted by Gasteiger charge is 2.30. The predicted octanol–water partition coefficient (Wildman–Crippen LogP) is 0.855. The number of nitrogens with two attached hydrogens (primary N) is 1. The molecular formula is C10H17N3O2. The lowest BCUT2D eigenvalue weighted by Crippen LogP contribution is -2.47. The Balaban J connectivity index is 2.38. The van der Waals surface area contributed by atoms with Crippen LogP contribution in [0.1, 0.15) is 26.2 Å². The van der Waals surface area contributed by atoms with E-state index in [-0.39, 0.29) is 0 Å². The summed E-state index contributed by atoms with van der Waals surface area (Å²) in [5, 5.41) is 13.0. The summed E-state index contributed by atoms with van der Waals surface area (Å²) in [6.07, 6.45) is 5.19. The van der Waals surface area contributed by atoms with Gasteiger partial charge in [-0.3, -0.25) is 9.48 Å². The smallest absolute Gasteiger partial charge is 0.323 e. The van der Waals surface area contributed by atoms with E-state index in [1.54, 1.807) is 17.8 Å². The van der Waals surface area contributed by atoms with Crippen LogP contribution in [0.2, 0.25) is 0 Å². The van der Waals surface area contributed by atoms with E-state index in [9.17, 15) is 4.79 Å². The fraction of sp³-hybridized carbons (Fsp3) is 0.600. The van der Waals surface area contributed by atoms with Gasteiger partial charge in [0.25, 0.3) is 0 Å². The Morgan fingerprint density at radius 2 is 2.40 bits per heavy atom. The molecule has 1 heterocycles. The zero-order valence-electron chi connectivity index (χ0n) is 8.89. The molecule has 1 aromatic rings. The van der Waals surface area contributed by atoms with E-state index in [1.165, 1.54) is 0 Å². The van der Waals surface area contributed by atoms with Crippen LogP contribution in [0.5, 0.6) is 0 Å². The van der Waals surface area contributed by atoms with Gasteiger partial charge in [0.05, 0.1) is 0 Å². The first-order chi connectivity index (χ1) is 7.08. The van der Waals surface area contributed by atoms with Gasteiger partial charge in [0.15, 0.2) is 0 Å². The normalized spacial score (nSPS) is 14.8. The molecule has 15 heavy (non-hydrogen) atoms. The summed E-state index contributed by atoms with van der Waals surface area (Å²) in [6.45, 7) is 2.50. The van der Waals surface area contributed by atoms with E-state index in [4.69, 9.17) is 10.8 Å². The van der Waals surface area contributed by atoms with Gasteiger partial charge in [0.1, 0.15) is 5.54 Å². The third-order valence-corrected chi connectivity index (χ3v) is 2.63. The standard InChI is InChI=1S/C10H17N3O2/c1-2-10(11,9(14)15)5-3-7-13-8-4-6-12-13/h4,6,8H,2-3,5,7,11H2,1H3,(H,14,15). The second-order valence-corrected chi connectivity index (χ2v) is 3.69. The molecule has 0 bridgehead atoms. The number of aromatic nitrogens is 2. The van der Waals surface area contributed by atoms with E-state index in [1.807, 2.05) is 12.3 Å². The Kier molecular flexibility index (Phi) is 3.85. The number of hydrogen-bond acceptors (Lipinski definition) is 3. The van der Waals surface area contributed by atoms with Gasteiger partial charge in [0, 0.05) is 18.9 Å². The van der Waals surface area contributed by atoms with Gasteiger partial charge in [-0.2, -0.15) is 5.10 Å². The van der Waals surface area contributed by atoms with Crippen molar-refractivity contribution in [3.63, 3.8) is 0 Å². The number of aliphatic carboxylic acids is 1. The lowest BCUT2D eigenvalue weighted by Gasteiger charge is -2.22. The maximum absolute atomic E-state index is 10.9. The first kappa shape index (κ1) is 11.7. The second-order valence-electron chi connectivity index (χ2n) is 3.69. The van der Waals surface area contributed by atoms with Crippen molar-refractivity contribution in [1.29, 1.82) is 0 Å². The number of nitrogens with zero attached hydrogens (tertiary/aromatic N) is 2. The average molecular weight is 211 g/mol. The SMILES string of the molecule is CCC(N)(CCCn1cccn1)C(=O)O. The third kappa shape index (κ3) is 3.06. The van der Waals surface area contributed by atoms with Crippen molar-refractivity contribution in [3.8, 4) is 0 Å². The minimum atomic E-state index is -1.09. The van der Waals surface area contributed by atoms with Crippen LogP contribution in [0.15, 0.2) is 18.5 Å². The minimum absolute atomic E-state index is 0.446. The summed E-state index contributed by atoms with van der Waals surface area (Å²) >= 11 is 0. The van der Waals surface area contributed by atoms with Crippen LogP contribution in [0, 0.1) is 0 Å². The van der Waals surface area contributed by atoms with Crippen molar-refractivity contribution in [3.05, 3.63) is 18.5 Å². The van der Waals surface area contributed by atoms with E-state index in [0.717, 1.165) is 6.42 Å². The number of carbonyl (C=O) groups is 1. The highest BCUT2D eigenvalue weighted by atomic mass is 16.4. The molecule has 0 amide bonds. The molecule has 0 aliphatic heterocycles. The van der Waals surface area contributed by atoms with Crippen LogP contribution in [-0.2, 0) is 11.3 Å². The molecule has 84 valence electrons. The van der Waals surface area contributed by atoms with Crippen molar-refractivity contribution in [2.24, 2.45) is 5.73 Å². The second kappa shape index (κ2) is 4.93. The van der Waals surface area contributed by atoms with Crippen molar-refractivity contribution in [1.82, 2.24) is 9.78 Å². The molecule has 3 N–H and O–H groups in total. The van der Waals surface area contributed by atoms with Crippen LogP contribution in [0.4, 0.5) is 0 Å². The Labute approximate surface area is 88.9 Å². The van der Waals surface area contributed by atoms with Gasteiger partial charge in [-0.25, -0.2) is 0 Å². The van der Waals surface area contributed by atoms with E-state index in [2.05, 4.69) is 5.10 Å². The van der Waals surface area contributed by atoms with E-state index in [0.29, 0.717) is 19.4 Å². The average Bonchev–Trinajstić information content (AvgIpc) is 2.70. The number of aryl methyl sites for hydroxylation is 1. The monoisotopic (exact) mass is 211 g/mol. The van der Waals surface area contributed by atoms with Gasteiger partial charge in [-0.05, 0) is 25.3 Å². The molecule has 0 fully saturated rings. The fourth-order valence-electron chi connectivity index (χ4n) is 1.42. The number of rotatable bonds is 6. The van der Waals surface area contributed by atoms with Crippen LogP contribution in [-0.4, -0.2) is 26.4 Å². The molecule has 0 spiro atoms. The minimum Gasteiger partial charge on any atom is -0.480 e. The van der Waals surface area contributed by atoms with Gasteiger partial charge < -0.3 is 10.8 Å². The summed E-state index contributed by atoms with van der Waals surface area (Å²) in [6, 6.07) is 1.84. The Bertz CT molecular complexity index is 310. The molecule has 0 radical (unpaired) electrons. The summed E-state index contributed by atoms with van der Waals surface area (Å²) in [5.74, 6) is -0.925. The van der Waals surface area contributed by atoms with Gasteiger partial charge in [-0.1, -0.05) is 6.92 Å². The highest BCUT2D eigenvalue weighted by molar-refractivity contribution is 5.78. The summed E-state index contributed by atoms with van der Waals surface area (Å²) in [4.78, 5) is 10.9. The molecule has 0 saturated carbocycles. The lowest BCUT2D eigenvalue weighted by atomic mass is 9.92. The van der Waals surface area contributed by atoms with Gasteiger partial charge in [0.2, 0.25) is 0 Å². The molecule has 1 unspecified atom stereocenters. The van der Waals surface area contributed by atoms with Crippen LogP contribution in [0.25, 0.3) is 0 Å². The quantitative estimate of drug-likeness (QED) is 0.731. The fourth-order valence-corrected chi connectivity index (χ4v) is 1.42. The maximum Gasteiger partial charge on any atom is 0.323 e. The lowest BCUT2D eigenvalue weighted by molar-refractivity contribution is -0.143. The highest BCUT2D eigenvalue weighted by Crippen LogP contribution is 2.14. The molecule has 1 aromatic heterocycles. The summed E-state index contributed by atoms with van der Waals surface area (Å²) < 4.78 is 1.78. The largest absolute Gasteiger partial charge is 0.480 e. The number of carboxylic acid groups (broad SMARTS) is 1. The number of hydrogen-bond donors (Lipinski definition) is 2. The van der Waals surface area contributed by atoms with Crippen molar-refractivity contribution < 1.29 is 9.90 Å². The Morgan fingerprint density at radius 3 is 2.87 bits per heavy atom. The van der Waals surface area contributed by atoms with Gasteiger partial charge >= 0.3 is 5.97 Å². The zero-order valence-corrected chi connectivity index (χ0v) is 8.89. The molecule has 0 aliphatic carbocycles. The Morgan fingerprint density at radius 1 is 1.67 bits per heavy atom. The molecule has 0 saturated heterocycles. The van der Waals surface area contributed by atoms with Crippen LogP contribution >= 0.6 is 0 Å². The number of carboxylic acids is 1. The molecule has 5 heteroatoms. The molecule has 0 aromatic carbocycles. The van der Waals surface area contributed by atoms with E-state index < -0.39 is 11.5 Å². The summed E-state index contributed by atoms with van der Waals surface area (Å²) in [5.41, 5.74) is 4.66. The van der Waals surface area contributed by atoms with E-state index >= 15 is 0 Å². The molecule has 5 nitrogen and oxygen atoms in total. The zero-order chi connectivity index (χ0) is 11.3. The molecule has 1 rings (SSSR count). The molecular weight excluding hydrogens is 194 g/mol. The van der Waals surface area contributed by atoms with Crippen LogP contribution in [0.3, 0.4) is 0 Å². The predicted molar refractivity (Wildman–Crippen MR) is 56.3 cm³/mol. The first-order valence-corrected chi connectivity index (χ1v) is 5.08. The van der Waals surface area contributed by atoms with Crippen molar-refractivity contribution in [2.75, 3.05) is 0 Å². The maximum atomic E-state index is 10.9. The summed E-state index contributed by atoms with van der Waals surface area (Å²) in [7, 11) is 0. The van der Waals surface area contributed by atoms with Crippen LogP contribution < -0.4 is 5.73 Å².